The third-order valence-corrected chi connectivity index (χ3v) is 7.48. The van der Waals surface area contributed by atoms with Crippen molar-refractivity contribution in [3.05, 3.63) is 42.0 Å². The first-order valence-electron chi connectivity index (χ1n) is 13.8. The van der Waals surface area contributed by atoms with Gasteiger partial charge in [-0.3, -0.25) is 28.9 Å². The highest BCUT2D eigenvalue weighted by Gasteiger charge is 2.46. The maximum Gasteiger partial charge on any atom is 0.312 e. The molecule has 7 amide bonds. The molecule has 0 bridgehead atoms. The molecule has 12 nitrogen and oxygen atoms in total. The number of nitrogens with two attached hydrogens (primary N) is 1. The summed E-state index contributed by atoms with van der Waals surface area (Å²) in [4.78, 5) is 74.6. The Bertz CT molecular complexity index is 1150. The SMILES string of the molecule is NC(=O)NCCCC(NC(=O)C1(NC(=O)CCCCCN2C(=O)C=CC2=O)CCC1)C(=O)Nc1ccc(CCl)cc1. The molecule has 6 N–H and O–H groups in total. The van der Waals surface area contributed by atoms with Gasteiger partial charge in [-0.2, -0.15) is 0 Å². The number of nitrogens with zero attached hydrogens (tertiary/aromatic N) is 1. The fraction of sp³-hybridized carbons (Fsp3) is 0.500. The monoisotopic (exact) mass is 588 g/mol. The topological polar surface area (TPSA) is 180 Å². The van der Waals surface area contributed by atoms with E-state index in [1.165, 1.54) is 17.1 Å². The number of anilines is 1. The summed E-state index contributed by atoms with van der Waals surface area (Å²) >= 11 is 5.83. The summed E-state index contributed by atoms with van der Waals surface area (Å²) in [5.41, 5.74) is 5.46. The molecule has 13 heteroatoms. The Morgan fingerprint density at radius 1 is 0.976 bits per heavy atom. The van der Waals surface area contributed by atoms with Crippen molar-refractivity contribution in [2.75, 3.05) is 18.4 Å². The first-order valence-corrected chi connectivity index (χ1v) is 14.3. The van der Waals surface area contributed by atoms with Crippen molar-refractivity contribution in [1.29, 1.82) is 0 Å². The van der Waals surface area contributed by atoms with Gasteiger partial charge in [-0.1, -0.05) is 18.6 Å². The number of imide groups is 1. The van der Waals surface area contributed by atoms with Crippen LogP contribution in [0.4, 0.5) is 10.5 Å². The summed E-state index contributed by atoms with van der Waals surface area (Å²) in [5.74, 6) is -1.46. The molecule has 1 aromatic rings. The van der Waals surface area contributed by atoms with Gasteiger partial charge in [0.05, 0.1) is 0 Å². The summed E-state index contributed by atoms with van der Waals surface area (Å²) in [6, 6.07) is 5.41. The first kappa shape index (κ1) is 31.6. The number of alkyl halides is 1. The Balaban J connectivity index is 1.52. The van der Waals surface area contributed by atoms with Gasteiger partial charge in [-0.15, -0.1) is 11.6 Å². The van der Waals surface area contributed by atoms with Crippen LogP contribution in [0.5, 0.6) is 0 Å². The molecule has 1 aliphatic heterocycles. The fourth-order valence-corrected chi connectivity index (χ4v) is 4.82. The second-order valence-electron chi connectivity index (χ2n) is 10.2. The van der Waals surface area contributed by atoms with Gasteiger partial charge in [0.15, 0.2) is 0 Å². The zero-order chi connectivity index (χ0) is 29.8. The molecule has 0 spiro atoms. The minimum absolute atomic E-state index is 0.191. The number of urea groups is 1. The second kappa shape index (κ2) is 15.2. The van der Waals surface area contributed by atoms with Gasteiger partial charge in [-0.25, -0.2) is 4.79 Å². The number of rotatable bonds is 16. The van der Waals surface area contributed by atoms with Crippen LogP contribution in [0.2, 0.25) is 0 Å². The lowest BCUT2D eigenvalue weighted by Gasteiger charge is -2.41. The molecule has 2 aliphatic rings. The van der Waals surface area contributed by atoms with Gasteiger partial charge in [0, 0.05) is 43.2 Å². The van der Waals surface area contributed by atoms with E-state index in [0.717, 1.165) is 12.0 Å². The van der Waals surface area contributed by atoms with E-state index >= 15 is 0 Å². The Hall–Kier alpha value is -3.93. The molecule has 1 aliphatic carbocycles. The van der Waals surface area contributed by atoms with E-state index in [-0.39, 0.29) is 37.1 Å². The van der Waals surface area contributed by atoms with Gasteiger partial charge in [0.2, 0.25) is 17.7 Å². The standard InChI is InChI=1S/C28H37ClN6O6/c29-18-19-8-10-20(11-9-19)32-25(39)21(6-4-16-31-27(30)41)33-26(40)28(14-5-15-28)34-22(36)7-2-1-3-17-35-23(37)12-13-24(35)38/h8-13,21H,1-7,14-18H2,(H,32,39)(H,33,40)(H,34,36)(H3,30,31,41). The summed E-state index contributed by atoms with van der Waals surface area (Å²) < 4.78 is 0. The number of nitrogens with one attached hydrogen (secondary N) is 4. The number of amides is 7. The van der Waals surface area contributed by atoms with Gasteiger partial charge < -0.3 is 27.0 Å². The van der Waals surface area contributed by atoms with Crippen LogP contribution >= 0.6 is 11.6 Å². The average molecular weight is 589 g/mol. The van der Waals surface area contributed by atoms with Gasteiger partial charge in [0.1, 0.15) is 11.6 Å². The number of hydrogen-bond acceptors (Lipinski definition) is 6. The second-order valence-corrected chi connectivity index (χ2v) is 10.5. The number of carbonyl (C=O) groups excluding carboxylic acids is 6. The Morgan fingerprint density at radius 2 is 1.66 bits per heavy atom. The molecule has 41 heavy (non-hydrogen) atoms. The van der Waals surface area contributed by atoms with Crippen molar-refractivity contribution in [2.45, 2.75) is 75.2 Å². The molecule has 1 unspecified atom stereocenters. The zero-order valence-corrected chi connectivity index (χ0v) is 23.6. The number of primary amides is 1. The van der Waals surface area contributed by atoms with Gasteiger partial charge in [-0.05, 0) is 62.6 Å². The molecule has 0 radical (unpaired) electrons. The lowest BCUT2D eigenvalue weighted by molar-refractivity contribution is -0.139. The van der Waals surface area contributed by atoms with E-state index in [0.29, 0.717) is 56.6 Å². The maximum absolute atomic E-state index is 13.4. The van der Waals surface area contributed by atoms with Crippen LogP contribution in [0.25, 0.3) is 0 Å². The summed E-state index contributed by atoms with van der Waals surface area (Å²) in [6.45, 7) is 0.534. The number of hydrogen-bond donors (Lipinski definition) is 5. The molecule has 1 aromatic carbocycles. The first-order chi connectivity index (χ1) is 19.6. The molecule has 1 heterocycles. The normalized spacial score (nSPS) is 16.1. The molecule has 1 fully saturated rings. The van der Waals surface area contributed by atoms with Crippen LogP contribution in [0.1, 0.15) is 63.4 Å². The average Bonchev–Trinajstić information content (AvgIpc) is 3.24. The van der Waals surface area contributed by atoms with Gasteiger partial charge in [0.25, 0.3) is 11.8 Å². The molecule has 1 atom stereocenters. The van der Waals surface area contributed by atoms with E-state index in [1.807, 2.05) is 0 Å². The maximum atomic E-state index is 13.4. The number of carbonyl (C=O) groups is 6. The summed E-state index contributed by atoms with van der Waals surface area (Å²) in [6.07, 6.45) is 6.70. The minimum atomic E-state index is -1.09. The fourth-order valence-electron chi connectivity index (χ4n) is 4.64. The van der Waals surface area contributed by atoms with E-state index in [1.54, 1.807) is 24.3 Å². The Kier molecular flexibility index (Phi) is 11.7. The number of halogens is 1. The molecule has 0 saturated heterocycles. The molecular weight excluding hydrogens is 552 g/mol. The minimum Gasteiger partial charge on any atom is -0.352 e. The molecular formula is C28H37ClN6O6. The van der Waals surface area contributed by atoms with Crippen molar-refractivity contribution < 1.29 is 28.8 Å². The highest BCUT2D eigenvalue weighted by atomic mass is 35.5. The number of unbranched alkanes of at least 4 members (excludes halogenated alkanes) is 2. The van der Waals surface area contributed by atoms with Crippen molar-refractivity contribution in [3.8, 4) is 0 Å². The summed E-state index contributed by atoms with van der Waals surface area (Å²) in [5, 5.41) is 10.9. The van der Waals surface area contributed by atoms with Crippen LogP contribution < -0.4 is 27.0 Å². The van der Waals surface area contributed by atoms with Crippen LogP contribution in [0.15, 0.2) is 36.4 Å². The summed E-state index contributed by atoms with van der Waals surface area (Å²) in [7, 11) is 0. The van der Waals surface area contributed by atoms with Crippen molar-refractivity contribution in [2.24, 2.45) is 5.73 Å². The van der Waals surface area contributed by atoms with Crippen LogP contribution in [0.3, 0.4) is 0 Å². The Morgan fingerprint density at radius 3 is 2.24 bits per heavy atom. The zero-order valence-electron chi connectivity index (χ0n) is 22.9. The predicted octanol–water partition coefficient (Wildman–Crippen LogP) is 1.82. The van der Waals surface area contributed by atoms with Crippen molar-refractivity contribution >= 4 is 52.9 Å². The van der Waals surface area contributed by atoms with Gasteiger partial charge >= 0.3 is 6.03 Å². The van der Waals surface area contributed by atoms with E-state index in [9.17, 15) is 28.8 Å². The molecule has 0 aromatic heterocycles. The molecule has 222 valence electrons. The highest BCUT2D eigenvalue weighted by Crippen LogP contribution is 2.32. The van der Waals surface area contributed by atoms with E-state index in [2.05, 4.69) is 21.3 Å². The highest BCUT2D eigenvalue weighted by molar-refractivity contribution is 6.17. The third kappa shape index (κ3) is 9.31. The third-order valence-electron chi connectivity index (χ3n) is 7.17. The molecule has 3 rings (SSSR count). The predicted molar refractivity (Wildman–Crippen MR) is 152 cm³/mol. The lowest BCUT2D eigenvalue weighted by atomic mass is 9.75. The van der Waals surface area contributed by atoms with Crippen LogP contribution in [-0.4, -0.2) is 65.1 Å². The number of benzene rings is 1. The van der Waals surface area contributed by atoms with Crippen LogP contribution in [-0.2, 0) is 29.9 Å². The van der Waals surface area contributed by atoms with Crippen LogP contribution in [0, 0.1) is 0 Å². The van der Waals surface area contributed by atoms with E-state index in [4.69, 9.17) is 17.3 Å². The largest absolute Gasteiger partial charge is 0.352 e. The smallest absolute Gasteiger partial charge is 0.312 e. The lowest BCUT2D eigenvalue weighted by Crippen LogP contribution is -2.65. The van der Waals surface area contributed by atoms with Crippen molar-refractivity contribution in [3.63, 3.8) is 0 Å². The van der Waals surface area contributed by atoms with Crippen molar-refractivity contribution in [1.82, 2.24) is 20.9 Å². The van der Waals surface area contributed by atoms with E-state index < -0.39 is 29.4 Å². The quantitative estimate of drug-likeness (QED) is 0.112. The molecule has 1 saturated carbocycles. The Labute approximate surface area is 243 Å².